The topological polar surface area (TPSA) is 0 Å². The molecular weight excluding hydrogens is 283 g/mol. The van der Waals surface area contributed by atoms with Crippen molar-refractivity contribution in [1.82, 2.24) is 0 Å². The van der Waals surface area contributed by atoms with Crippen molar-refractivity contribution < 1.29 is 0 Å². The van der Waals surface area contributed by atoms with Gasteiger partial charge >= 0.3 is 0 Å². The summed E-state index contributed by atoms with van der Waals surface area (Å²) in [4.78, 5) is 0. The van der Waals surface area contributed by atoms with Crippen LogP contribution in [0.15, 0.2) is 24.3 Å². The van der Waals surface area contributed by atoms with E-state index in [1.165, 1.54) is 84.4 Å². The van der Waals surface area contributed by atoms with Crippen molar-refractivity contribution in [3.8, 4) is 0 Å². The van der Waals surface area contributed by atoms with E-state index in [1.54, 1.807) is 10.5 Å². The molecule has 0 saturated heterocycles. The summed E-state index contributed by atoms with van der Waals surface area (Å²) in [6.07, 6.45) is 15.8. The zero-order chi connectivity index (χ0) is 15.3. The Morgan fingerprint density at radius 2 is 1.32 bits per heavy atom. The number of hydrogen-bond donors (Lipinski definition) is 0. The predicted molar refractivity (Wildman–Crippen MR) is 99.4 cm³/mol. The van der Waals surface area contributed by atoms with Gasteiger partial charge < -0.3 is 0 Å². The van der Waals surface area contributed by atoms with Crippen LogP contribution in [0, 0.1) is 5.41 Å². The third-order valence-electron chi connectivity index (χ3n) is 5.58. The van der Waals surface area contributed by atoms with E-state index in [0.717, 1.165) is 0 Å². The average molecular weight is 313 g/mol. The van der Waals surface area contributed by atoms with Gasteiger partial charge in [0.15, 0.2) is 0 Å². The Hall–Kier alpha value is -0.610. The summed E-state index contributed by atoms with van der Waals surface area (Å²) in [6, 6.07) is 9.03. The van der Waals surface area contributed by atoms with E-state index in [4.69, 9.17) is 0 Å². The van der Waals surface area contributed by atoms with Gasteiger partial charge in [0, 0.05) is 0 Å². The Labute approximate surface area is 137 Å². The first-order valence-electron chi connectivity index (χ1n) is 9.30. The summed E-state index contributed by atoms with van der Waals surface area (Å²) >= 11 is 0. The van der Waals surface area contributed by atoms with E-state index in [0.29, 0.717) is 5.41 Å². The molecule has 1 saturated carbocycles. The highest BCUT2D eigenvalue weighted by Crippen LogP contribution is 2.49. The summed E-state index contributed by atoms with van der Waals surface area (Å²) in [5.74, 6) is 2.42. The molecule has 1 heteroatoms. The molecule has 0 amide bonds. The molecule has 0 nitrogen and oxygen atoms in total. The van der Waals surface area contributed by atoms with Crippen molar-refractivity contribution in [2.75, 3.05) is 0 Å². The Morgan fingerprint density at radius 3 is 1.95 bits per heavy atom. The fraction of sp³-hybridized carbons (Fsp3) is 0.619. The van der Waals surface area contributed by atoms with E-state index >= 15 is 0 Å². The highest BCUT2D eigenvalue weighted by atomic mass is 31.1. The highest BCUT2D eigenvalue weighted by Gasteiger charge is 2.30. The third-order valence-corrected chi connectivity index (χ3v) is 7.02. The van der Waals surface area contributed by atoms with Gasteiger partial charge in [0.1, 0.15) is 0 Å². The lowest BCUT2D eigenvalue weighted by Crippen LogP contribution is -2.28. The van der Waals surface area contributed by atoms with Crippen LogP contribution >= 0.6 is 8.58 Å². The minimum absolute atomic E-state index is 0.420. The first-order chi connectivity index (χ1) is 10.8. The van der Waals surface area contributed by atoms with Gasteiger partial charge in [-0.05, 0) is 48.4 Å². The van der Waals surface area contributed by atoms with Crippen LogP contribution in [0.25, 0.3) is 11.1 Å². The van der Waals surface area contributed by atoms with E-state index in [1.807, 2.05) is 0 Å². The molecular formula is C21H30P. The number of fused-ring (bicyclic) bond motifs is 1. The van der Waals surface area contributed by atoms with Crippen LogP contribution in [0.1, 0.15) is 77.6 Å². The van der Waals surface area contributed by atoms with Crippen molar-refractivity contribution in [2.24, 2.45) is 5.41 Å². The molecule has 119 valence electrons. The normalized spacial score (nSPS) is 24.1. The SMILES string of the molecule is CC1(C2=c3ccccc3=C[P]2)CCCCCCCCCCC1. The van der Waals surface area contributed by atoms with Crippen molar-refractivity contribution in [2.45, 2.75) is 77.6 Å². The van der Waals surface area contributed by atoms with Crippen LogP contribution in [0.5, 0.6) is 0 Å². The van der Waals surface area contributed by atoms with Gasteiger partial charge in [0.25, 0.3) is 0 Å². The van der Waals surface area contributed by atoms with Gasteiger partial charge in [-0.1, -0.05) is 89.0 Å². The van der Waals surface area contributed by atoms with E-state index in [2.05, 4.69) is 37.0 Å². The molecule has 1 fully saturated rings. The fourth-order valence-electron chi connectivity index (χ4n) is 4.14. The summed E-state index contributed by atoms with van der Waals surface area (Å²) in [5, 5.41) is 4.71. The van der Waals surface area contributed by atoms with Crippen LogP contribution in [0.2, 0.25) is 0 Å². The minimum atomic E-state index is 0.420. The second-order valence-electron chi connectivity index (χ2n) is 7.44. The van der Waals surface area contributed by atoms with Crippen LogP contribution in [0.4, 0.5) is 0 Å². The molecule has 0 bridgehead atoms. The van der Waals surface area contributed by atoms with Crippen molar-refractivity contribution in [3.63, 3.8) is 0 Å². The van der Waals surface area contributed by atoms with Gasteiger partial charge in [-0.2, -0.15) is 0 Å². The Bertz CT molecular complexity index is 587. The molecule has 1 aromatic carbocycles. The fourth-order valence-corrected chi connectivity index (χ4v) is 5.51. The van der Waals surface area contributed by atoms with Crippen LogP contribution in [0.3, 0.4) is 0 Å². The van der Waals surface area contributed by atoms with Gasteiger partial charge in [-0.25, -0.2) is 0 Å². The number of rotatable bonds is 1. The van der Waals surface area contributed by atoms with Crippen LogP contribution in [-0.4, -0.2) is 0 Å². The van der Waals surface area contributed by atoms with Gasteiger partial charge in [-0.15, -0.1) is 0 Å². The van der Waals surface area contributed by atoms with Gasteiger partial charge in [0.05, 0.1) is 0 Å². The minimum Gasteiger partial charge on any atom is -0.0616 e. The lowest BCUT2D eigenvalue weighted by molar-refractivity contribution is 0.341. The molecule has 1 aromatic rings. The quantitative estimate of drug-likeness (QED) is 0.574. The summed E-state index contributed by atoms with van der Waals surface area (Å²) in [7, 11) is 1.46. The second-order valence-corrected chi connectivity index (χ2v) is 8.40. The molecule has 3 rings (SSSR count). The molecule has 1 aliphatic heterocycles. The zero-order valence-corrected chi connectivity index (χ0v) is 15.0. The highest BCUT2D eigenvalue weighted by molar-refractivity contribution is 7.58. The van der Waals surface area contributed by atoms with Crippen LogP contribution < -0.4 is 10.4 Å². The molecule has 1 radical (unpaired) electrons. The third kappa shape index (κ3) is 3.83. The zero-order valence-electron chi connectivity index (χ0n) is 14.1. The smallest absolute Gasteiger partial charge is 0.00582 e. The van der Waals surface area contributed by atoms with Crippen molar-refractivity contribution in [3.05, 3.63) is 34.7 Å². The van der Waals surface area contributed by atoms with E-state index in [9.17, 15) is 0 Å². The Balaban J connectivity index is 1.83. The van der Waals surface area contributed by atoms with E-state index < -0.39 is 0 Å². The lowest BCUT2D eigenvalue weighted by Gasteiger charge is -2.32. The maximum Gasteiger partial charge on any atom is -0.00582 e. The molecule has 1 heterocycles. The summed E-state index contributed by atoms with van der Waals surface area (Å²) in [5.41, 5.74) is 0.420. The van der Waals surface area contributed by atoms with Crippen molar-refractivity contribution in [1.29, 1.82) is 0 Å². The van der Waals surface area contributed by atoms with Gasteiger partial charge in [-0.3, -0.25) is 0 Å². The van der Waals surface area contributed by atoms with Crippen molar-refractivity contribution >= 4 is 19.7 Å². The second kappa shape index (κ2) is 7.78. The molecule has 22 heavy (non-hydrogen) atoms. The van der Waals surface area contributed by atoms with Crippen LogP contribution in [-0.2, 0) is 0 Å². The maximum absolute atomic E-state index is 2.55. The number of benzene rings is 1. The molecule has 1 aliphatic carbocycles. The standard InChI is InChI=1S/C21H30P/c1-21(20-19-14-10-9-13-18(19)17-22-20)15-11-7-5-3-2-4-6-8-12-16-21/h9-10,13-14,17H,2-8,11-12,15-16H2,1H3. The Morgan fingerprint density at radius 1 is 0.773 bits per heavy atom. The van der Waals surface area contributed by atoms with E-state index in [-0.39, 0.29) is 0 Å². The predicted octanol–water partition coefficient (Wildman–Crippen LogP) is 5.80. The number of hydrogen-bond acceptors (Lipinski definition) is 0. The first kappa shape index (κ1) is 16.3. The Kier molecular flexibility index (Phi) is 5.75. The maximum atomic E-state index is 2.55. The summed E-state index contributed by atoms with van der Waals surface area (Å²) < 4.78 is 0. The molecule has 0 N–H and O–H groups in total. The van der Waals surface area contributed by atoms with Gasteiger partial charge in [0.2, 0.25) is 0 Å². The molecule has 0 aromatic heterocycles. The summed E-state index contributed by atoms with van der Waals surface area (Å²) in [6.45, 7) is 2.55. The lowest BCUT2D eigenvalue weighted by atomic mass is 9.78. The molecule has 0 spiro atoms. The largest absolute Gasteiger partial charge is 0.0616 e. The monoisotopic (exact) mass is 313 g/mol. The molecule has 2 aliphatic rings. The first-order valence-corrected chi connectivity index (χ1v) is 10.3. The molecule has 0 unspecified atom stereocenters. The molecule has 0 atom stereocenters. The average Bonchev–Trinajstić information content (AvgIpc) is 2.96.